The average molecular weight is 407 g/mol. The topological polar surface area (TPSA) is 62.0 Å². The number of hydrazone groups is 1. The average Bonchev–Trinajstić information content (AvgIpc) is 2.98. The monoisotopic (exact) mass is 406 g/mol. The Bertz CT molecular complexity index is 1020. The zero-order valence-corrected chi connectivity index (χ0v) is 16.4. The number of nitrogens with zero attached hydrogens (tertiary/aromatic N) is 4. The molecule has 0 aromatic heterocycles. The van der Waals surface area contributed by atoms with E-state index in [1.807, 2.05) is 59.6 Å². The molecule has 4 rings (SSSR count). The van der Waals surface area contributed by atoms with Gasteiger partial charge in [0.1, 0.15) is 6.67 Å². The second kappa shape index (κ2) is 8.32. The van der Waals surface area contributed by atoms with Gasteiger partial charge in [-0.1, -0.05) is 41.9 Å². The number of rotatable bonds is 4. The standard InChI is InChI=1S/C22H19ClN4O2/c23-18-6-8-19(9-7-18)25-15-14-22(17-4-2-1-3-5-17)24-26(16-25)20-10-12-21(13-11-20)27(28)29/h1-13H,14-16H2. The van der Waals surface area contributed by atoms with Gasteiger partial charge in [-0.2, -0.15) is 5.10 Å². The van der Waals surface area contributed by atoms with Crippen molar-refractivity contribution in [2.24, 2.45) is 5.10 Å². The van der Waals surface area contributed by atoms with Crippen LogP contribution in [0.25, 0.3) is 0 Å². The van der Waals surface area contributed by atoms with E-state index in [-0.39, 0.29) is 5.69 Å². The molecule has 3 aromatic rings. The molecule has 7 heteroatoms. The first-order valence-electron chi connectivity index (χ1n) is 9.25. The third-order valence-corrected chi connectivity index (χ3v) is 5.07. The van der Waals surface area contributed by atoms with Gasteiger partial charge in [0, 0.05) is 35.8 Å². The molecule has 0 bridgehead atoms. The molecule has 0 spiro atoms. The fourth-order valence-electron chi connectivity index (χ4n) is 3.28. The first kappa shape index (κ1) is 19.0. The molecule has 0 saturated heterocycles. The lowest BCUT2D eigenvalue weighted by Gasteiger charge is -2.28. The predicted molar refractivity (Wildman–Crippen MR) is 117 cm³/mol. The van der Waals surface area contributed by atoms with Gasteiger partial charge in [-0.15, -0.1) is 0 Å². The summed E-state index contributed by atoms with van der Waals surface area (Å²) in [4.78, 5) is 12.8. The van der Waals surface area contributed by atoms with E-state index < -0.39 is 4.92 Å². The SMILES string of the molecule is O=[N+]([O-])c1ccc(N2CN(c3ccc(Cl)cc3)CCC(c3ccccc3)=N2)cc1. The Labute approximate surface area is 173 Å². The number of hydrogen-bond acceptors (Lipinski definition) is 5. The van der Waals surface area contributed by atoms with Crippen molar-refractivity contribution >= 4 is 34.4 Å². The highest BCUT2D eigenvalue weighted by Gasteiger charge is 2.20. The fourth-order valence-corrected chi connectivity index (χ4v) is 3.41. The molecule has 0 radical (unpaired) electrons. The van der Waals surface area contributed by atoms with Crippen LogP contribution in [0.3, 0.4) is 0 Å². The van der Waals surface area contributed by atoms with Crippen LogP contribution in [0.4, 0.5) is 17.1 Å². The van der Waals surface area contributed by atoms with Crippen LogP contribution in [0, 0.1) is 10.1 Å². The van der Waals surface area contributed by atoms with Gasteiger partial charge < -0.3 is 4.90 Å². The Hall–Kier alpha value is -3.38. The molecule has 0 N–H and O–H groups in total. The number of benzene rings is 3. The summed E-state index contributed by atoms with van der Waals surface area (Å²) in [6.45, 7) is 1.31. The van der Waals surface area contributed by atoms with Gasteiger partial charge in [0.05, 0.1) is 16.3 Å². The molecule has 29 heavy (non-hydrogen) atoms. The lowest BCUT2D eigenvalue weighted by Crippen LogP contribution is -2.34. The van der Waals surface area contributed by atoms with Crippen molar-refractivity contribution in [2.75, 3.05) is 23.1 Å². The first-order valence-corrected chi connectivity index (χ1v) is 9.63. The van der Waals surface area contributed by atoms with E-state index >= 15 is 0 Å². The Kier molecular flexibility index (Phi) is 5.44. The maximum atomic E-state index is 11.0. The Morgan fingerprint density at radius 2 is 1.55 bits per heavy atom. The van der Waals surface area contributed by atoms with Crippen LogP contribution in [-0.2, 0) is 0 Å². The summed E-state index contributed by atoms with van der Waals surface area (Å²) in [5.41, 5.74) is 3.94. The molecule has 0 aliphatic carbocycles. The number of non-ortho nitro benzene ring substituents is 1. The number of halogens is 1. The maximum Gasteiger partial charge on any atom is 0.269 e. The quantitative estimate of drug-likeness (QED) is 0.434. The third kappa shape index (κ3) is 4.38. The van der Waals surface area contributed by atoms with Gasteiger partial charge in [-0.3, -0.25) is 10.1 Å². The highest BCUT2D eigenvalue weighted by atomic mass is 35.5. The number of nitro groups is 1. The van der Waals surface area contributed by atoms with Crippen molar-refractivity contribution < 1.29 is 4.92 Å². The molecule has 0 unspecified atom stereocenters. The molecule has 0 atom stereocenters. The second-order valence-corrected chi connectivity index (χ2v) is 7.15. The minimum atomic E-state index is -0.398. The van der Waals surface area contributed by atoms with Crippen LogP contribution in [0.15, 0.2) is 84.0 Å². The van der Waals surface area contributed by atoms with Gasteiger partial charge in [0.2, 0.25) is 0 Å². The highest BCUT2D eigenvalue weighted by Crippen LogP contribution is 2.26. The zero-order valence-electron chi connectivity index (χ0n) is 15.6. The van der Waals surface area contributed by atoms with Crippen molar-refractivity contribution in [3.05, 3.63) is 99.6 Å². The van der Waals surface area contributed by atoms with Crippen molar-refractivity contribution in [2.45, 2.75) is 6.42 Å². The van der Waals surface area contributed by atoms with E-state index in [9.17, 15) is 10.1 Å². The largest absolute Gasteiger partial charge is 0.352 e. The van der Waals surface area contributed by atoms with E-state index in [2.05, 4.69) is 4.90 Å². The van der Waals surface area contributed by atoms with Crippen molar-refractivity contribution in [1.82, 2.24) is 0 Å². The summed E-state index contributed by atoms with van der Waals surface area (Å²) in [5.74, 6) is 0. The summed E-state index contributed by atoms with van der Waals surface area (Å²) in [5, 5.41) is 18.5. The smallest absolute Gasteiger partial charge is 0.269 e. The van der Waals surface area contributed by atoms with Crippen LogP contribution < -0.4 is 9.91 Å². The van der Waals surface area contributed by atoms with E-state index in [1.165, 1.54) is 12.1 Å². The lowest BCUT2D eigenvalue weighted by atomic mass is 10.1. The molecule has 1 aliphatic rings. The molecule has 6 nitrogen and oxygen atoms in total. The highest BCUT2D eigenvalue weighted by molar-refractivity contribution is 6.30. The molecule has 1 heterocycles. The van der Waals surface area contributed by atoms with E-state index in [4.69, 9.17) is 16.7 Å². The lowest BCUT2D eigenvalue weighted by molar-refractivity contribution is -0.384. The third-order valence-electron chi connectivity index (χ3n) is 4.82. The van der Waals surface area contributed by atoms with Crippen LogP contribution in [0.5, 0.6) is 0 Å². The Morgan fingerprint density at radius 3 is 2.21 bits per heavy atom. The van der Waals surface area contributed by atoms with Crippen molar-refractivity contribution in [1.29, 1.82) is 0 Å². The van der Waals surface area contributed by atoms with Crippen molar-refractivity contribution in [3.8, 4) is 0 Å². The van der Waals surface area contributed by atoms with Crippen LogP contribution in [0.1, 0.15) is 12.0 Å². The minimum Gasteiger partial charge on any atom is -0.352 e. The molecule has 0 fully saturated rings. The summed E-state index contributed by atoms with van der Waals surface area (Å²) in [6, 6.07) is 24.3. The molecule has 146 valence electrons. The minimum absolute atomic E-state index is 0.0605. The van der Waals surface area contributed by atoms with Crippen LogP contribution >= 0.6 is 11.6 Å². The molecular weight excluding hydrogens is 388 g/mol. The molecule has 1 aliphatic heterocycles. The zero-order chi connectivity index (χ0) is 20.2. The van der Waals surface area contributed by atoms with E-state index in [0.29, 0.717) is 11.7 Å². The summed E-state index contributed by atoms with van der Waals surface area (Å²) < 4.78 is 0. The van der Waals surface area contributed by atoms with Gasteiger partial charge >= 0.3 is 0 Å². The Balaban J connectivity index is 1.69. The normalized spacial score (nSPS) is 14.3. The molecule has 3 aromatic carbocycles. The number of anilines is 2. The summed E-state index contributed by atoms with van der Waals surface area (Å²) >= 11 is 6.04. The van der Waals surface area contributed by atoms with E-state index in [1.54, 1.807) is 12.1 Å². The predicted octanol–water partition coefficient (Wildman–Crippen LogP) is 5.33. The van der Waals surface area contributed by atoms with Gasteiger partial charge in [-0.05, 0) is 42.0 Å². The Morgan fingerprint density at radius 1 is 0.897 bits per heavy atom. The summed E-state index contributed by atoms with van der Waals surface area (Å²) in [6.07, 6.45) is 0.774. The molecule has 0 amide bonds. The fraction of sp³-hybridized carbons (Fsp3) is 0.136. The van der Waals surface area contributed by atoms with E-state index in [0.717, 1.165) is 35.6 Å². The van der Waals surface area contributed by atoms with Crippen molar-refractivity contribution in [3.63, 3.8) is 0 Å². The maximum absolute atomic E-state index is 11.0. The van der Waals surface area contributed by atoms with Crippen LogP contribution in [-0.4, -0.2) is 23.8 Å². The van der Waals surface area contributed by atoms with Gasteiger partial charge in [0.15, 0.2) is 0 Å². The van der Waals surface area contributed by atoms with Gasteiger partial charge in [-0.25, -0.2) is 5.01 Å². The number of nitro benzene ring substituents is 1. The summed E-state index contributed by atoms with van der Waals surface area (Å²) in [7, 11) is 0. The molecular formula is C22H19ClN4O2. The van der Waals surface area contributed by atoms with Crippen LogP contribution in [0.2, 0.25) is 5.02 Å². The molecule has 0 saturated carbocycles. The second-order valence-electron chi connectivity index (χ2n) is 6.72. The van der Waals surface area contributed by atoms with Gasteiger partial charge in [0.25, 0.3) is 5.69 Å². The number of hydrogen-bond donors (Lipinski definition) is 0. The first-order chi connectivity index (χ1) is 14.1.